The number of amides is 1. The second-order valence-electron chi connectivity index (χ2n) is 6.99. The molecule has 0 unspecified atom stereocenters. The summed E-state index contributed by atoms with van der Waals surface area (Å²) in [6, 6.07) is 13.8. The van der Waals surface area contributed by atoms with E-state index in [4.69, 9.17) is 0 Å². The van der Waals surface area contributed by atoms with Gasteiger partial charge in [-0.25, -0.2) is 18.9 Å². The lowest BCUT2D eigenvalue weighted by molar-refractivity contribution is 0.102. The number of benzene rings is 2. The molecule has 3 aromatic heterocycles. The molecule has 8 heteroatoms. The summed E-state index contributed by atoms with van der Waals surface area (Å²) in [7, 11) is 0. The number of imidazole rings is 1. The number of hydrogen-bond acceptors (Lipinski definition) is 4. The third kappa shape index (κ3) is 3.18. The van der Waals surface area contributed by atoms with Crippen molar-refractivity contribution in [3.05, 3.63) is 89.4 Å². The van der Waals surface area contributed by atoms with Crippen molar-refractivity contribution < 1.29 is 9.18 Å². The minimum atomic E-state index is -0.286. The number of anilines is 1. The number of halogens is 1. The third-order valence-electron chi connectivity index (χ3n) is 4.90. The molecule has 2 aromatic carbocycles. The fourth-order valence-corrected chi connectivity index (χ4v) is 3.50. The highest BCUT2D eigenvalue weighted by molar-refractivity contribution is 6.09. The van der Waals surface area contributed by atoms with Crippen LogP contribution in [0, 0.1) is 12.7 Å². The molecule has 2 N–H and O–H groups in total. The molecule has 0 aliphatic rings. The first kappa shape index (κ1) is 18.0. The van der Waals surface area contributed by atoms with E-state index in [0.717, 1.165) is 11.0 Å². The van der Waals surface area contributed by atoms with E-state index in [0.29, 0.717) is 40.4 Å². The molecule has 3 heterocycles. The zero-order valence-electron chi connectivity index (χ0n) is 16.1. The number of nitrogens with one attached hydrogen (secondary N) is 2. The standard InChI is InChI=1S/C22H17FN6O/c1-13-20(21-24-9-4-10-29(21)28-13)22(30)25-15-7-8-17-18(12-15)27-19(26-17)11-14-5-2-3-6-16(14)23/h2-10,12H,11H2,1H3,(H,25,30)(H,26,27). The van der Waals surface area contributed by atoms with Gasteiger partial charge in [0.15, 0.2) is 5.65 Å². The Morgan fingerprint density at radius 1 is 1.20 bits per heavy atom. The van der Waals surface area contributed by atoms with Crippen LogP contribution in [0.25, 0.3) is 16.7 Å². The fraction of sp³-hybridized carbons (Fsp3) is 0.0909. The van der Waals surface area contributed by atoms with Crippen LogP contribution < -0.4 is 5.32 Å². The molecule has 0 spiro atoms. The van der Waals surface area contributed by atoms with Crippen LogP contribution in [0.5, 0.6) is 0 Å². The van der Waals surface area contributed by atoms with Gasteiger partial charge >= 0.3 is 0 Å². The van der Waals surface area contributed by atoms with Gasteiger partial charge in [0.25, 0.3) is 5.91 Å². The van der Waals surface area contributed by atoms with Crippen molar-refractivity contribution in [3.63, 3.8) is 0 Å². The van der Waals surface area contributed by atoms with Crippen LogP contribution in [0.4, 0.5) is 10.1 Å². The molecule has 30 heavy (non-hydrogen) atoms. The summed E-state index contributed by atoms with van der Waals surface area (Å²) >= 11 is 0. The fourth-order valence-electron chi connectivity index (χ4n) is 3.50. The minimum Gasteiger partial charge on any atom is -0.342 e. The highest BCUT2D eigenvalue weighted by Gasteiger charge is 2.18. The molecule has 0 aliphatic heterocycles. The highest BCUT2D eigenvalue weighted by Crippen LogP contribution is 2.21. The van der Waals surface area contributed by atoms with Crippen LogP contribution in [-0.4, -0.2) is 30.5 Å². The number of fused-ring (bicyclic) bond motifs is 2. The number of rotatable bonds is 4. The maximum atomic E-state index is 13.9. The van der Waals surface area contributed by atoms with Gasteiger partial charge in [-0.3, -0.25) is 4.79 Å². The Balaban J connectivity index is 1.42. The highest BCUT2D eigenvalue weighted by atomic mass is 19.1. The van der Waals surface area contributed by atoms with Gasteiger partial charge in [-0.1, -0.05) is 18.2 Å². The number of nitrogens with zero attached hydrogens (tertiary/aromatic N) is 4. The van der Waals surface area contributed by atoms with E-state index in [1.807, 2.05) is 6.07 Å². The zero-order valence-corrected chi connectivity index (χ0v) is 16.1. The Hall–Kier alpha value is -4.07. The van der Waals surface area contributed by atoms with Crippen LogP contribution in [0.1, 0.15) is 27.4 Å². The monoisotopic (exact) mass is 400 g/mol. The van der Waals surface area contributed by atoms with Gasteiger partial charge in [0.2, 0.25) is 0 Å². The molecule has 0 bridgehead atoms. The second kappa shape index (κ2) is 7.07. The minimum absolute atomic E-state index is 0.261. The van der Waals surface area contributed by atoms with Crippen LogP contribution in [0.3, 0.4) is 0 Å². The number of hydrogen-bond donors (Lipinski definition) is 2. The lowest BCUT2D eigenvalue weighted by atomic mass is 10.1. The summed E-state index contributed by atoms with van der Waals surface area (Å²) in [6.45, 7) is 1.77. The molecule has 148 valence electrons. The Bertz CT molecular complexity index is 1400. The maximum Gasteiger partial charge on any atom is 0.261 e. The predicted molar refractivity (Wildman–Crippen MR) is 111 cm³/mol. The molecule has 0 radical (unpaired) electrons. The average Bonchev–Trinajstić information content (AvgIpc) is 3.28. The van der Waals surface area contributed by atoms with E-state index in [-0.39, 0.29) is 11.7 Å². The Labute approximate surface area is 170 Å². The number of aromatic amines is 1. The van der Waals surface area contributed by atoms with E-state index in [2.05, 4.69) is 25.4 Å². The molecule has 0 saturated carbocycles. The zero-order chi connectivity index (χ0) is 20.7. The van der Waals surface area contributed by atoms with Crippen molar-refractivity contribution in [2.45, 2.75) is 13.3 Å². The molecule has 5 rings (SSSR count). The van der Waals surface area contributed by atoms with Crippen molar-refractivity contribution >= 4 is 28.3 Å². The van der Waals surface area contributed by atoms with E-state index < -0.39 is 0 Å². The van der Waals surface area contributed by atoms with Crippen LogP contribution in [-0.2, 0) is 6.42 Å². The third-order valence-corrected chi connectivity index (χ3v) is 4.90. The summed E-state index contributed by atoms with van der Waals surface area (Å²) in [5.41, 5.74) is 4.22. The Morgan fingerprint density at radius 2 is 2.07 bits per heavy atom. The molecule has 7 nitrogen and oxygen atoms in total. The average molecular weight is 400 g/mol. The van der Waals surface area contributed by atoms with Gasteiger partial charge < -0.3 is 10.3 Å². The van der Waals surface area contributed by atoms with Crippen LogP contribution in [0.15, 0.2) is 60.9 Å². The SMILES string of the molecule is Cc1nn2cccnc2c1C(=O)Nc1ccc2nc(Cc3ccccc3F)[nH]c2c1. The maximum absolute atomic E-state index is 13.9. The van der Waals surface area contributed by atoms with Gasteiger partial charge in [0.1, 0.15) is 17.2 Å². The quantitative estimate of drug-likeness (QED) is 0.479. The molecule has 5 aromatic rings. The van der Waals surface area contributed by atoms with Gasteiger partial charge in [-0.15, -0.1) is 0 Å². The molecule has 0 saturated heterocycles. The first-order valence-electron chi connectivity index (χ1n) is 9.42. The normalized spacial score (nSPS) is 11.3. The molecule has 1 amide bonds. The van der Waals surface area contributed by atoms with E-state index in [1.165, 1.54) is 6.07 Å². The van der Waals surface area contributed by atoms with Gasteiger partial charge in [0, 0.05) is 24.5 Å². The van der Waals surface area contributed by atoms with Crippen molar-refractivity contribution in [2.24, 2.45) is 0 Å². The van der Waals surface area contributed by atoms with E-state index in [9.17, 15) is 9.18 Å². The first-order chi connectivity index (χ1) is 14.6. The van der Waals surface area contributed by atoms with E-state index in [1.54, 1.807) is 60.2 Å². The molecular weight excluding hydrogens is 383 g/mol. The molecule has 0 aliphatic carbocycles. The molecular formula is C22H17FN6O. The largest absolute Gasteiger partial charge is 0.342 e. The molecule has 0 atom stereocenters. The van der Waals surface area contributed by atoms with Crippen LogP contribution >= 0.6 is 0 Å². The van der Waals surface area contributed by atoms with E-state index >= 15 is 0 Å². The van der Waals surface area contributed by atoms with Crippen molar-refractivity contribution in [3.8, 4) is 0 Å². The first-order valence-corrected chi connectivity index (χ1v) is 9.42. The predicted octanol–water partition coefficient (Wildman–Crippen LogP) is 3.90. The van der Waals surface area contributed by atoms with Crippen LogP contribution in [0.2, 0.25) is 0 Å². The smallest absolute Gasteiger partial charge is 0.261 e. The number of H-pyrrole nitrogens is 1. The summed E-state index contributed by atoms with van der Waals surface area (Å²) < 4.78 is 15.5. The van der Waals surface area contributed by atoms with Gasteiger partial charge in [-0.05, 0) is 42.8 Å². The van der Waals surface area contributed by atoms with Crippen molar-refractivity contribution in [1.82, 2.24) is 24.6 Å². The van der Waals surface area contributed by atoms with Crippen molar-refractivity contribution in [1.29, 1.82) is 0 Å². The molecule has 0 fully saturated rings. The second-order valence-corrected chi connectivity index (χ2v) is 6.99. The topological polar surface area (TPSA) is 88.0 Å². The summed E-state index contributed by atoms with van der Waals surface area (Å²) in [5.74, 6) is 0.108. The number of aromatic nitrogens is 5. The number of carbonyl (C=O) groups excluding carboxylic acids is 1. The summed E-state index contributed by atoms with van der Waals surface area (Å²) in [6.07, 6.45) is 3.73. The van der Waals surface area contributed by atoms with Crippen molar-refractivity contribution in [2.75, 3.05) is 5.32 Å². The van der Waals surface area contributed by atoms with Gasteiger partial charge in [0.05, 0.1) is 16.7 Å². The lowest BCUT2D eigenvalue weighted by Gasteiger charge is -2.04. The summed E-state index contributed by atoms with van der Waals surface area (Å²) in [4.78, 5) is 24.8. The lowest BCUT2D eigenvalue weighted by Crippen LogP contribution is -2.13. The Morgan fingerprint density at radius 3 is 2.93 bits per heavy atom. The number of carbonyl (C=O) groups is 1. The Kier molecular flexibility index (Phi) is 4.24. The van der Waals surface area contributed by atoms with Gasteiger partial charge in [-0.2, -0.15) is 5.10 Å². The number of aryl methyl sites for hydroxylation is 1. The summed E-state index contributed by atoms with van der Waals surface area (Å²) in [5, 5.41) is 7.22.